The van der Waals surface area contributed by atoms with Gasteiger partial charge in [0.1, 0.15) is 5.75 Å². The van der Waals surface area contributed by atoms with Gasteiger partial charge in [0.05, 0.1) is 22.9 Å². The summed E-state index contributed by atoms with van der Waals surface area (Å²) >= 11 is 11.7. The lowest BCUT2D eigenvalue weighted by atomic mass is 10.2. The number of halogens is 2. The molecule has 0 aromatic heterocycles. The predicted molar refractivity (Wildman–Crippen MR) is 98.4 cm³/mol. The van der Waals surface area contributed by atoms with Crippen LogP contribution in [0.1, 0.15) is 12.5 Å². The molecule has 0 aliphatic heterocycles. The number of benzene rings is 2. The van der Waals surface area contributed by atoms with Gasteiger partial charge in [-0.25, -0.2) is 5.43 Å². The molecule has 2 amide bonds. The van der Waals surface area contributed by atoms with Gasteiger partial charge in [0.15, 0.2) is 0 Å². The lowest BCUT2D eigenvalue weighted by molar-refractivity contribution is -0.136. The minimum Gasteiger partial charge on any atom is -0.494 e. The summed E-state index contributed by atoms with van der Waals surface area (Å²) in [6.07, 6.45) is 1.35. The molecule has 0 unspecified atom stereocenters. The molecule has 0 saturated heterocycles. The van der Waals surface area contributed by atoms with Crippen molar-refractivity contribution >= 4 is 46.9 Å². The number of hydrogen-bond donors (Lipinski definition) is 2. The summed E-state index contributed by atoms with van der Waals surface area (Å²) in [7, 11) is 0. The standard InChI is InChI=1S/C17H15Cl2N3O3/c1-2-25-13-6-4-12(5-7-13)21-16(23)17(24)22-20-10-11-3-8-14(18)15(19)9-11/h3-10H,2H2,1H3,(H,21,23)(H,22,24)/b20-10-. The number of hydrogen-bond acceptors (Lipinski definition) is 4. The second-order valence-electron chi connectivity index (χ2n) is 4.78. The van der Waals surface area contributed by atoms with Crippen LogP contribution in [0.15, 0.2) is 47.6 Å². The predicted octanol–water partition coefficient (Wildman–Crippen LogP) is 3.48. The Balaban J connectivity index is 1.88. The van der Waals surface area contributed by atoms with Crippen LogP contribution in [0, 0.1) is 0 Å². The molecule has 25 heavy (non-hydrogen) atoms. The number of nitrogens with one attached hydrogen (secondary N) is 2. The summed E-state index contributed by atoms with van der Waals surface area (Å²) in [6.45, 7) is 2.42. The summed E-state index contributed by atoms with van der Waals surface area (Å²) in [4.78, 5) is 23.5. The Kier molecular flexibility index (Phi) is 6.80. The molecule has 0 radical (unpaired) electrons. The van der Waals surface area contributed by atoms with E-state index in [1.54, 1.807) is 42.5 Å². The van der Waals surface area contributed by atoms with E-state index in [1.165, 1.54) is 6.21 Å². The Morgan fingerprint density at radius 2 is 1.80 bits per heavy atom. The maximum Gasteiger partial charge on any atom is 0.329 e. The number of rotatable bonds is 5. The molecule has 130 valence electrons. The first kappa shape index (κ1) is 18.8. The van der Waals surface area contributed by atoms with Crippen molar-refractivity contribution in [3.8, 4) is 5.75 Å². The lowest BCUT2D eigenvalue weighted by Crippen LogP contribution is -2.32. The van der Waals surface area contributed by atoms with Crippen LogP contribution in [0.3, 0.4) is 0 Å². The van der Waals surface area contributed by atoms with Crippen LogP contribution in [-0.2, 0) is 9.59 Å². The molecule has 8 heteroatoms. The van der Waals surface area contributed by atoms with Crippen LogP contribution in [0.4, 0.5) is 5.69 Å². The Morgan fingerprint density at radius 3 is 2.44 bits per heavy atom. The highest BCUT2D eigenvalue weighted by Gasteiger charge is 2.12. The van der Waals surface area contributed by atoms with Crippen molar-refractivity contribution in [1.82, 2.24) is 5.43 Å². The van der Waals surface area contributed by atoms with Crippen molar-refractivity contribution in [3.63, 3.8) is 0 Å². The van der Waals surface area contributed by atoms with E-state index in [0.29, 0.717) is 33.7 Å². The molecule has 2 rings (SSSR count). The number of amides is 2. The molecular weight excluding hydrogens is 365 g/mol. The summed E-state index contributed by atoms with van der Waals surface area (Å²) in [5.74, 6) is -1.06. The van der Waals surface area contributed by atoms with Crippen molar-refractivity contribution in [2.75, 3.05) is 11.9 Å². The maximum atomic E-state index is 11.8. The lowest BCUT2D eigenvalue weighted by Gasteiger charge is -2.06. The fraction of sp³-hybridized carbons (Fsp3) is 0.118. The Labute approximate surface area is 154 Å². The third-order valence-corrected chi connectivity index (χ3v) is 3.69. The van der Waals surface area contributed by atoms with E-state index < -0.39 is 11.8 Å². The number of anilines is 1. The summed E-state index contributed by atoms with van der Waals surface area (Å²) < 4.78 is 5.30. The molecule has 2 aromatic carbocycles. The molecule has 2 aromatic rings. The first-order valence-corrected chi connectivity index (χ1v) is 8.07. The Bertz CT molecular complexity index is 792. The van der Waals surface area contributed by atoms with Gasteiger partial charge in [-0.15, -0.1) is 0 Å². The monoisotopic (exact) mass is 379 g/mol. The molecule has 0 atom stereocenters. The van der Waals surface area contributed by atoms with E-state index in [9.17, 15) is 9.59 Å². The van der Waals surface area contributed by atoms with E-state index in [-0.39, 0.29) is 0 Å². The van der Waals surface area contributed by atoms with E-state index in [1.807, 2.05) is 6.92 Å². The van der Waals surface area contributed by atoms with Gasteiger partial charge in [-0.1, -0.05) is 29.3 Å². The summed E-state index contributed by atoms with van der Waals surface area (Å²) in [6, 6.07) is 11.5. The smallest absolute Gasteiger partial charge is 0.329 e. The molecule has 0 heterocycles. The third kappa shape index (κ3) is 5.77. The first-order valence-electron chi connectivity index (χ1n) is 7.32. The van der Waals surface area contributed by atoms with E-state index in [0.717, 1.165) is 0 Å². The maximum absolute atomic E-state index is 11.8. The van der Waals surface area contributed by atoms with Gasteiger partial charge in [0.25, 0.3) is 0 Å². The molecule has 0 fully saturated rings. The topological polar surface area (TPSA) is 79.8 Å². The number of nitrogens with zero attached hydrogens (tertiary/aromatic N) is 1. The summed E-state index contributed by atoms with van der Waals surface area (Å²) in [5, 5.41) is 6.94. The number of ether oxygens (including phenoxy) is 1. The van der Waals surface area contributed by atoms with Gasteiger partial charge in [-0.2, -0.15) is 5.10 Å². The van der Waals surface area contributed by atoms with Crippen molar-refractivity contribution < 1.29 is 14.3 Å². The zero-order valence-corrected chi connectivity index (χ0v) is 14.8. The zero-order valence-electron chi connectivity index (χ0n) is 13.3. The minimum absolute atomic E-state index is 0.366. The highest BCUT2D eigenvalue weighted by atomic mass is 35.5. The average molecular weight is 380 g/mol. The van der Waals surface area contributed by atoms with Crippen LogP contribution in [0.25, 0.3) is 0 Å². The zero-order chi connectivity index (χ0) is 18.2. The van der Waals surface area contributed by atoms with Crippen LogP contribution in [0.2, 0.25) is 10.0 Å². The van der Waals surface area contributed by atoms with Gasteiger partial charge in [-0.05, 0) is 48.9 Å². The molecule has 0 spiro atoms. The van der Waals surface area contributed by atoms with Gasteiger partial charge in [0, 0.05) is 5.69 Å². The van der Waals surface area contributed by atoms with E-state index in [2.05, 4.69) is 15.8 Å². The van der Waals surface area contributed by atoms with Crippen LogP contribution >= 0.6 is 23.2 Å². The Morgan fingerprint density at radius 1 is 1.08 bits per heavy atom. The van der Waals surface area contributed by atoms with Crippen LogP contribution in [0.5, 0.6) is 5.75 Å². The van der Waals surface area contributed by atoms with Crippen molar-refractivity contribution in [2.45, 2.75) is 6.92 Å². The van der Waals surface area contributed by atoms with Gasteiger partial charge in [-0.3, -0.25) is 9.59 Å². The second-order valence-corrected chi connectivity index (χ2v) is 5.60. The molecular formula is C17H15Cl2N3O3. The fourth-order valence-electron chi connectivity index (χ4n) is 1.80. The van der Waals surface area contributed by atoms with Crippen molar-refractivity contribution in [3.05, 3.63) is 58.1 Å². The highest BCUT2D eigenvalue weighted by Crippen LogP contribution is 2.21. The molecule has 0 saturated carbocycles. The van der Waals surface area contributed by atoms with Crippen molar-refractivity contribution in [2.24, 2.45) is 5.10 Å². The van der Waals surface area contributed by atoms with Gasteiger partial charge < -0.3 is 10.1 Å². The summed E-state index contributed by atoms with van der Waals surface area (Å²) in [5.41, 5.74) is 3.23. The second kappa shape index (κ2) is 9.05. The highest BCUT2D eigenvalue weighted by molar-refractivity contribution is 6.42. The van der Waals surface area contributed by atoms with Crippen molar-refractivity contribution in [1.29, 1.82) is 0 Å². The first-order chi connectivity index (χ1) is 12.0. The Hall–Kier alpha value is -2.57. The largest absolute Gasteiger partial charge is 0.494 e. The normalized spacial score (nSPS) is 10.5. The molecule has 2 N–H and O–H groups in total. The minimum atomic E-state index is -0.898. The molecule has 0 aliphatic rings. The molecule has 6 nitrogen and oxygen atoms in total. The van der Waals surface area contributed by atoms with E-state index >= 15 is 0 Å². The molecule has 0 bridgehead atoms. The van der Waals surface area contributed by atoms with Crippen LogP contribution < -0.4 is 15.5 Å². The number of carbonyl (C=O) groups excluding carboxylic acids is 2. The fourth-order valence-corrected chi connectivity index (χ4v) is 2.10. The van der Waals surface area contributed by atoms with Crippen LogP contribution in [-0.4, -0.2) is 24.6 Å². The number of carbonyl (C=O) groups is 2. The SMILES string of the molecule is CCOc1ccc(NC(=O)C(=O)N/N=C\c2ccc(Cl)c(Cl)c2)cc1. The number of hydrazone groups is 1. The van der Waals surface area contributed by atoms with E-state index in [4.69, 9.17) is 27.9 Å². The van der Waals surface area contributed by atoms with Gasteiger partial charge in [0.2, 0.25) is 0 Å². The average Bonchev–Trinajstić information content (AvgIpc) is 2.60. The van der Waals surface area contributed by atoms with Gasteiger partial charge >= 0.3 is 11.8 Å². The molecule has 0 aliphatic carbocycles. The quantitative estimate of drug-likeness (QED) is 0.474. The third-order valence-electron chi connectivity index (χ3n) is 2.95.